The normalized spacial score (nSPS) is 11.0. The lowest BCUT2D eigenvalue weighted by atomic mass is 10.2. The Bertz CT molecular complexity index is 1020. The zero-order valence-electron chi connectivity index (χ0n) is 15.4. The summed E-state index contributed by atoms with van der Waals surface area (Å²) >= 11 is 2.11. The van der Waals surface area contributed by atoms with Crippen molar-refractivity contribution in [2.24, 2.45) is 5.10 Å². The van der Waals surface area contributed by atoms with E-state index in [9.17, 15) is 4.79 Å². The van der Waals surface area contributed by atoms with Crippen LogP contribution in [0.2, 0.25) is 0 Å². The molecule has 1 aromatic heterocycles. The smallest absolute Gasteiger partial charge is 0.343 e. The molecule has 0 fully saturated rings. The first-order valence-corrected chi connectivity index (χ1v) is 9.65. The molecule has 1 heterocycles. The van der Waals surface area contributed by atoms with Crippen LogP contribution < -0.4 is 15.2 Å². The van der Waals surface area contributed by atoms with Crippen molar-refractivity contribution in [3.63, 3.8) is 0 Å². The first-order valence-electron chi connectivity index (χ1n) is 8.57. The molecule has 0 saturated heterocycles. The fourth-order valence-corrected chi connectivity index (χ4v) is 3.21. The van der Waals surface area contributed by atoms with Gasteiger partial charge in [-0.25, -0.2) is 14.5 Å². The average molecular weight is 490 g/mol. The van der Waals surface area contributed by atoms with Gasteiger partial charge in [0.25, 0.3) is 0 Å². The maximum Gasteiger partial charge on any atom is 0.343 e. The Labute approximate surface area is 176 Å². The van der Waals surface area contributed by atoms with E-state index in [2.05, 4.69) is 32.7 Å². The highest BCUT2D eigenvalue weighted by atomic mass is 127. The summed E-state index contributed by atoms with van der Waals surface area (Å²) in [6.07, 6.45) is 3.38. The van der Waals surface area contributed by atoms with E-state index in [-0.39, 0.29) is 0 Å². The molecule has 2 aromatic carbocycles. The van der Waals surface area contributed by atoms with Crippen molar-refractivity contribution in [2.45, 2.75) is 13.8 Å². The minimum Gasteiger partial charge on any atom is -0.490 e. The van der Waals surface area contributed by atoms with Crippen molar-refractivity contribution in [3.05, 3.63) is 69.1 Å². The lowest BCUT2D eigenvalue weighted by Gasteiger charge is -2.13. The number of nitrogen functional groups attached to an aromatic ring is 1. The molecule has 0 atom stereocenters. The summed E-state index contributed by atoms with van der Waals surface area (Å²) in [7, 11) is 0. The molecular weight excluding hydrogens is 471 g/mol. The molecule has 2 N–H and O–H groups in total. The van der Waals surface area contributed by atoms with Gasteiger partial charge in [0.1, 0.15) is 0 Å². The first-order chi connectivity index (χ1) is 13.5. The lowest BCUT2D eigenvalue weighted by Crippen LogP contribution is -2.11. The highest BCUT2D eigenvalue weighted by Gasteiger charge is 2.17. The Morgan fingerprint density at radius 1 is 1.32 bits per heavy atom. The number of anilines is 1. The molecule has 144 valence electrons. The summed E-state index contributed by atoms with van der Waals surface area (Å²) in [5.74, 6) is 0.714. The van der Waals surface area contributed by atoms with E-state index >= 15 is 0 Å². The summed E-state index contributed by atoms with van der Waals surface area (Å²) in [4.78, 5) is 16.5. The van der Waals surface area contributed by atoms with Crippen LogP contribution in [0.3, 0.4) is 0 Å². The maximum atomic E-state index is 12.4. The number of nitrogens with two attached hydrogens (primary N) is 1. The second-order valence-corrected chi connectivity index (χ2v) is 7.01. The minimum atomic E-state index is -0.442. The molecule has 0 spiro atoms. The monoisotopic (exact) mass is 490 g/mol. The highest BCUT2D eigenvalue weighted by Crippen LogP contribution is 2.34. The van der Waals surface area contributed by atoms with Gasteiger partial charge in [-0.1, -0.05) is 18.2 Å². The summed E-state index contributed by atoms with van der Waals surface area (Å²) < 4.78 is 13.5. The molecule has 3 rings (SSSR count). The van der Waals surface area contributed by atoms with Gasteiger partial charge in [-0.3, -0.25) is 0 Å². The van der Waals surface area contributed by atoms with Gasteiger partial charge < -0.3 is 15.2 Å². The largest absolute Gasteiger partial charge is 0.490 e. The fraction of sp³-hybridized carbons (Fsp3) is 0.150. The van der Waals surface area contributed by atoms with E-state index in [0.717, 1.165) is 14.8 Å². The average Bonchev–Trinajstić information content (AvgIpc) is 3.00. The predicted octanol–water partition coefficient (Wildman–Crippen LogP) is 3.88. The molecule has 0 unspecified atom stereocenters. The fourth-order valence-electron chi connectivity index (χ4n) is 2.48. The van der Waals surface area contributed by atoms with Gasteiger partial charge in [0.15, 0.2) is 11.5 Å². The molecular formula is C20H19IN4O3. The van der Waals surface area contributed by atoms with Crippen LogP contribution in [0.25, 0.3) is 0 Å². The van der Waals surface area contributed by atoms with Gasteiger partial charge in [0, 0.05) is 0 Å². The molecule has 8 heteroatoms. The molecule has 0 amide bonds. The van der Waals surface area contributed by atoms with Crippen LogP contribution in [-0.4, -0.2) is 28.5 Å². The van der Waals surface area contributed by atoms with Gasteiger partial charge >= 0.3 is 5.97 Å². The predicted molar refractivity (Wildman–Crippen MR) is 116 cm³/mol. The summed E-state index contributed by atoms with van der Waals surface area (Å²) in [6, 6.07) is 12.4. The van der Waals surface area contributed by atoms with Crippen molar-refractivity contribution in [2.75, 3.05) is 12.3 Å². The van der Waals surface area contributed by atoms with Crippen molar-refractivity contribution >= 4 is 40.7 Å². The molecule has 7 nitrogen and oxygen atoms in total. The second kappa shape index (κ2) is 8.87. The Morgan fingerprint density at radius 3 is 2.71 bits per heavy atom. The lowest BCUT2D eigenvalue weighted by molar-refractivity contribution is 0.0727. The van der Waals surface area contributed by atoms with Gasteiger partial charge in [-0.2, -0.15) is 5.10 Å². The number of hydrogen-bond donors (Lipinski definition) is 1. The summed E-state index contributed by atoms with van der Waals surface area (Å²) in [5.41, 5.74) is 7.83. The summed E-state index contributed by atoms with van der Waals surface area (Å²) in [5, 5.41) is 4.31. The number of aryl methyl sites for hydroxylation is 1. The van der Waals surface area contributed by atoms with Crippen molar-refractivity contribution < 1.29 is 14.3 Å². The molecule has 0 aliphatic heterocycles. The zero-order valence-corrected chi connectivity index (χ0v) is 17.6. The van der Waals surface area contributed by atoms with E-state index in [4.69, 9.17) is 15.2 Å². The number of rotatable bonds is 6. The SMILES string of the molecule is CCOc1cc(C=Nn2cc(C)nc2N)cc(I)c1OC(=O)c1ccccc1. The Morgan fingerprint density at radius 2 is 2.07 bits per heavy atom. The molecule has 0 aliphatic carbocycles. The quantitative estimate of drug-likeness (QED) is 0.245. The van der Waals surface area contributed by atoms with Gasteiger partial charge in [-0.15, -0.1) is 0 Å². The molecule has 0 aliphatic rings. The van der Waals surface area contributed by atoms with E-state index in [1.54, 1.807) is 42.7 Å². The Kier molecular flexibility index (Phi) is 6.30. The Balaban J connectivity index is 1.89. The van der Waals surface area contributed by atoms with E-state index < -0.39 is 5.97 Å². The van der Waals surface area contributed by atoms with Crippen LogP contribution in [0.4, 0.5) is 5.95 Å². The van der Waals surface area contributed by atoms with E-state index in [0.29, 0.717) is 29.6 Å². The molecule has 3 aromatic rings. The van der Waals surface area contributed by atoms with Crippen LogP contribution in [0.15, 0.2) is 53.8 Å². The number of carbonyl (C=O) groups is 1. The molecule has 0 radical (unpaired) electrons. The minimum absolute atomic E-state index is 0.307. The van der Waals surface area contributed by atoms with Gasteiger partial charge in [-0.05, 0) is 66.3 Å². The van der Waals surface area contributed by atoms with Crippen LogP contribution in [0.1, 0.15) is 28.5 Å². The van der Waals surface area contributed by atoms with Crippen molar-refractivity contribution in [1.29, 1.82) is 0 Å². The number of nitrogens with zero attached hydrogens (tertiary/aromatic N) is 3. The second-order valence-electron chi connectivity index (χ2n) is 5.85. The molecule has 0 saturated carbocycles. The summed E-state index contributed by atoms with van der Waals surface area (Å²) in [6.45, 7) is 4.14. The standard InChI is InChI=1S/C20H19IN4O3/c1-3-27-17-10-14(11-23-25-12-13(2)24-20(25)22)9-16(21)18(17)28-19(26)15-7-5-4-6-8-15/h4-12H,3H2,1-2H3,(H2,22,24). The van der Waals surface area contributed by atoms with Crippen LogP contribution >= 0.6 is 22.6 Å². The van der Waals surface area contributed by atoms with Crippen LogP contribution in [-0.2, 0) is 0 Å². The number of halogens is 1. The van der Waals surface area contributed by atoms with Crippen molar-refractivity contribution in [3.8, 4) is 11.5 Å². The Hall–Kier alpha value is -2.88. The third-order valence-corrected chi connectivity index (χ3v) is 4.50. The third-order valence-electron chi connectivity index (χ3n) is 3.70. The van der Waals surface area contributed by atoms with Gasteiger partial charge in [0.05, 0.1) is 33.8 Å². The zero-order chi connectivity index (χ0) is 20.1. The van der Waals surface area contributed by atoms with Crippen LogP contribution in [0, 0.1) is 10.5 Å². The number of benzene rings is 2. The number of ether oxygens (including phenoxy) is 2. The number of hydrogen-bond acceptors (Lipinski definition) is 6. The van der Waals surface area contributed by atoms with Crippen molar-refractivity contribution in [1.82, 2.24) is 9.66 Å². The number of aromatic nitrogens is 2. The maximum absolute atomic E-state index is 12.4. The number of imidazole rings is 1. The van der Waals surface area contributed by atoms with E-state index in [1.165, 1.54) is 4.68 Å². The number of carbonyl (C=O) groups excluding carboxylic acids is 1. The third kappa shape index (κ3) is 4.69. The van der Waals surface area contributed by atoms with Gasteiger partial charge in [0.2, 0.25) is 5.95 Å². The van der Waals surface area contributed by atoms with E-state index in [1.807, 2.05) is 26.0 Å². The highest BCUT2D eigenvalue weighted by molar-refractivity contribution is 14.1. The number of esters is 1. The molecule has 0 bridgehead atoms. The first kappa shape index (κ1) is 19.9. The molecule has 28 heavy (non-hydrogen) atoms. The van der Waals surface area contributed by atoms with Crippen LogP contribution in [0.5, 0.6) is 11.5 Å². The topological polar surface area (TPSA) is 91.7 Å².